The summed E-state index contributed by atoms with van der Waals surface area (Å²) < 4.78 is 0. The molecule has 7 nitrogen and oxygen atoms in total. The predicted molar refractivity (Wildman–Crippen MR) is 132 cm³/mol. The Kier molecular flexibility index (Phi) is 7.53. The molecular weight excluding hydrogens is 475 g/mol. The number of nitrogens with one attached hydrogen (secondary N) is 1. The van der Waals surface area contributed by atoms with E-state index in [0.717, 1.165) is 5.56 Å². The molecule has 1 aromatic carbocycles. The molecule has 2 saturated heterocycles. The number of likely N-dealkylation sites (tertiary alicyclic amines) is 2. The van der Waals surface area contributed by atoms with Crippen molar-refractivity contribution in [2.45, 2.75) is 38.1 Å². The number of carbonyl (C=O) groups is 3. The van der Waals surface area contributed by atoms with Crippen molar-refractivity contribution >= 4 is 40.9 Å². The molecule has 0 radical (unpaired) electrons. The Morgan fingerprint density at radius 2 is 1.71 bits per heavy atom. The minimum atomic E-state index is -0.0994. The summed E-state index contributed by atoms with van der Waals surface area (Å²) in [5.74, 6) is -0.0565. The van der Waals surface area contributed by atoms with Crippen LogP contribution in [-0.4, -0.2) is 76.7 Å². The molecule has 9 heteroatoms. The van der Waals surface area contributed by atoms with Gasteiger partial charge >= 0.3 is 0 Å². The van der Waals surface area contributed by atoms with Crippen LogP contribution >= 0.6 is 23.2 Å². The number of aromatic amines is 1. The van der Waals surface area contributed by atoms with Crippen LogP contribution in [0.5, 0.6) is 0 Å². The largest absolute Gasteiger partial charge is 0.367 e. The van der Waals surface area contributed by atoms with Crippen molar-refractivity contribution in [3.8, 4) is 0 Å². The van der Waals surface area contributed by atoms with E-state index in [0.29, 0.717) is 61.1 Å². The normalized spacial score (nSPS) is 21.4. The zero-order valence-electron chi connectivity index (χ0n) is 19.5. The molecule has 3 amide bonds. The Hall–Kier alpha value is -2.51. The van der Waals surface area contributed by atoms with Gasteiger partial charge in [-0.2, -0.15) is 0 Å². The van der Waals surface area contributed by atoms with Gasteiger partial charge in [0.15, 0.2) is 0 Å². The summed E-state index contributed by atoms with van der Waals surface area (Å²) in [4.78, 5) is 46.6. The van der Waals surface area contributed by atoms with Crippen molar-refractivity contribution in [3.63, 3.8) is 0 Å². The lowest BCUT2D eigenvalue weighted by Gasteiger charge is -2.44. The number of rotatable bonds is 4. The number of hydrogen-bond donors (Lipinski definition) is 1. The molecule has 1 N–H and O–H groups in total. The van der Waals surface area contributed by atoms with Gasteiger partial charge in [-0.15, -0.1) is 0 Å². The molecule has 2 aromatic rings. The van der Waals surface area contributed by atoms with Crippen molar-refractivity contribution in [2.75, 3.05) is 33.2 Å². The number of hydrogen-bond acceptors (Lipinski definition) is 3. The molecular formula is C25H30Cl2N4O3. The topological polar surface area (TPSA) is 76.7 Å². The first kappa shape index (κ1) is 24.6. The quantitative estimate of drug-likeness (QED) is 0.682. The molecule has 0 bridgehead atoms. The minimum Gasteiger partial charge on any atom is -0.367 e. The standard InChI is InChI=1S/C25H30Cl2N4O3/c1-16(32)30-10-6-17(7-11-30)25(34)31-12-8-23(29(2)24(33)19-5-9-28-14-19)20(15-31)18-3-4-21(26)22(27)13-18/h3-5,9,13-14,17,20,23,28H,6-8,10-12,15H2,1-2H3. The molecule has 0 spiro atoms. The molecule has 2 atom stereocenters. The molecule has 2 aliphatic rings. The van der Waals surface area contributed by atoms with E-state index in [1.807, 2.05) is 24.1 Å². The van der Waals surface area contributed by atoms with Crippen LogP contribution in [0.3, 0.4) is 0 Å². The van der Waals surface area contributed by atoms with Crippen molar-refractivity contribution < 1.29 is 14.4 Å². The number of H-pyrrole nitrogens is 1. The zero-order chi connectivity index (χ0) is 24.4. The van der Waals surface area contributed by atoms with Crippen LogP contribution in [0.4, 0.5) is 0 Å². The van der Waals surface area contributed by atoms with E-state index < -0.39 is 0 Å². The third kappa shape index (κ3) is 5.10. The Bertz CT molecular complexity index is 1050. The van der Waals surface area contributed by atoms with Gasteiger partial charge in [0.05, 0.1) is 15.6 Å². The molecule has 182 valence electrons. The van der Waals surface area contributed by atoms with Crippen molar-refractivity contribution in [1.82, 2.24) is 19.7 Å². The Labute approximate surface area is 210 Å². The van der Waals surface area contributed by atoms with Crippen LogP contribution < -0.4 is 0 Å². The maximum absolute atomic E-state index is 13.4. The maximum Gasteiger partial charge on any atom is 0.255 e. The molecule has 0 aliphatic carbocycles. The fraction of sp³-hybridized carbons (Fsp3) is 0.480. The minimum absolute atomic E-state index is 0.0570. The van der Waals surface area contributed by atoms with Gasteiger partial charge in [-0.05, 0) is 43.0 Å². The molecule has 0 saturated carbocycles. The summed E-state index contributed by atoms with van der Waals surface area (Å²) >= 11 is 12.5. The molecule has 2 unspecified atom stereocenters. The average molecular weight is 505 g/mol. The average Bonchev–Trinajstić information content (AvgIpc) is 3.39. The lowest BCUT2D eigenvalue weighted by molar-refractivity contribution is -0.141. The van der Waals surface area contributed by atoms with E-state index in [4.69, 9.17) is 23.2 Å². The first-order chi connectivity index (χ1) is 16.3. The number of amides is 3. The first-order valence-electron chi connectivity index (χ1n) is 11.7. The summed E-state index contributed by atoms with van der Waals surface area (Å²) in [5, 5.41) is 0.928. The molecule has 2 aliphatic heterocycles. The summed E-state index contributed by atoms with van der Waals surface area (Å²) in [7, 11) is 1.82. The van der Waals surface area contributed by atoms with Crippen LogP contribution in [-0.2, 0) is 9.59 Å². The fourth-order valence-corrected chi connectivity index (χ4v) is 5.49. The summed E-state index contributed by atoms with van der Waals surface area (Å²) in [5.41, 5.74) is 1.56. The van der Waals surface area contributed by atoms with Gasteiger partial charge in [0, 0.05) is 70.4 Å². The summed E-state index contributed by atoms with van der Waals surface area (Å²) in [6.45, 7) is 3.89. The van der Waals surface area contributed by atoms with Crippen LogP contribution in [0.25, 0.3) is 0 Å². The number of carbonyl (C=O) groups excluding carboxylic acids is 3. The van der Waals surface area contributed by atoms with Crippen LogP contribution in [0.1, 0.15) is 48.0 Å². The number of benzene rings is 1. The van der Waals surface area contributed by atoms with E-state index in [9.17, 15) is 14.4 Å². The SMILES string of the molecule is CC(=O)N1CCC(C(=O)N2CCC(N(C)C(=O)c3cc[nH]c3)C(c3ccc(Cl)c(Cl)c3)C2)CC1. The van der Waals surface area contributed by atoms with Crippen LogP contribution in [0.2, 0.25) is 10.0 Å². The van der Waals surface area contributed by atoms with Gasteiger partial charge in [-0.25, -0.2) is 0 Å². The van der Waals surface area contributed by atoms with Crippen molar-refractivity contribution in [1.29, 1.82) is 0 Å². The second kappa shape index (κ2) is 10.4. The second-order valence-electron chi connectivity index (χ2n) is 9.22. The summed E-state index contributed by atoms with van der Waals surface area (Å²) in [6, 6.07) is 7.21. The second-order valence-corrected chi connectivity index (χ2v) is 10.0. The van der Waals surface area contributed by atoms with E-state index >= 15 is 0 Å². The highest BCUT2D eigenvalue weighted by molar-refractivity contribution is 6.42. The third-order valence-electron chi connectivity index (χ3n) is 7.21. The Balaban J connectivity index is 1.54. The lowest BCUT2D eigenvalue weighted by Crippen LogP contribution is -2.53. The Morgan fingerprint density at radius 1 is 1.00 bits per heavy atom. The van der Waals surface area contributed by atoms with Crippen molar-refractivity contribution in [3.05, 3.63) is 57.8 Å². The fourth-order valence-electron chi connectivity index (χ4n) is 5.18. The van der Waals surface area contributed by atoms with Gasteiger partial charge in [-0.3, -0.25) is 14.4 Å². The number of halogens is 2. The van der Waals surface area contributed by atoms with Gasteiger partial charge < -0.3 is 19.7 Å². The van der Waals surface area contributed by atoms with Crippen molar-refractivity contribution in [2.24, 2.45) is 5.92 Å². The number of likely N-dealkylation sites (N-methyl/N-ethyl adjacent to an activating group) is 1. The molecule has 3 heterocycles. The zero-order valence-corrected chi connectivity index (χ0v) is 21.0. The number of piperidine rings is 2. The first-order valence-corrected chi connectivity index (χ1v) is 12.4. The molecule has 1 aromatic heterocycles. The van der Waals surface area contributed by atoms with E-state index in [2.05, 4.69) is 4.98 Å². The highest BCUT2D eigenvalue weighted by Gasteiger charge is 2.39. The molecule has 34 heavy (non-hydrogen) atoms. The van der Waals surface area contributed by atoms with Crippen LogP contribution in [0, 0.1) is 5.92 Å². The molecule has 4 rings (SSSR count). The predicted octanol–water partition coefficient (Wildman–Crippen LogP) is 4.04. The number of aromatic nitrogens is 1. The van der Waals surface area contributed by atoms with Gasteiger partial charge in [-0.1, -0.05) is 29.3 Å². The van der Waals surface area contributed by atoms with E-state index in [1.54, 1.807) is 41.2 Å². The van der Waals surface area contributed by atoms with Gasteiger partial charge in [0.2, 0.25) is 11.8 Å². The third-order valence-corrected chi connectivity index (χ3v) is 7.95. The van der Waals surface area contributed by atoms with E-state index in [1.165, 1.54) is 0 Å². The van der Waals surface area contributed by atoms with Crippen LogP contribution in [0.15, 0.2) is 36.7 Å². The van der Waals surface area contributed by atoms with E-state index in [-0.39, 0.29) is 35.6 Å². The maximum atomic E-state index is 13.4. The highest BCUT2D eigenvalue weighted by Crippen LogP contribution is 2.35. The smallest absolute Gasteiger partial charge is 0.255 e. The highest BCUT2D eigenvalue weighted by atomic mass is 35.5. The monoisotopic (exact) mass is 504 g/mol. The molecule has 2 fully saturated rings. The summed E-state index contributed by atoms with van der Waals surface area (Å²) in [6.07, 6.45) is 5.45. The van der Waals surface area contributed by atoms with Gasteiger partial charge in [0.25, 0.3) is 5.91 Å². The lowest BCUT2D eigenvalue weighted by atomic mass is 9.83. The Morgan fingerprint density at radius 3 is 2.32 bits per heavy atom. The number of nitrogens with zero attached hydrogens (tertiary/aromatic N) is 3. The van der Waals surface area contributed by atoms with Gasteiger partial charge in [0.1, 0.15) is 0 Å².